The molecule has 0 saturated heterocycles. The van der Waals surface area contributed by atoms with Gasteiger partial charge in [0.25, 0.3) is 0 Å². The van der Waals surface area contributed by atoms with E-state index in [1.807, 2.05) is 36.4 Å². The Balaban J connectivity index is 2.47. The van der Waals surface area contributed by atoms with Crippen LogP contribution in [0.5, 0.6) is 0 Å². The second-order valence-corrected chi connectivity index (χ2v) is 3.68. The van der Waals surface area contributed by atoms with Gasteiger partial charge in [0.05, 0.1) is 12.5 Å². The van der Waals surface area contributed by atoms with Gasteiger partial charge in [-0.15, -0.1) is 0 Å². The quantitative estimate of drug-likeness (QED) is 0.828. The van der Waals surface area contributed by atoms with Crippen LogP contribution in [0.15, 0.2) is 42.5 Å². The number of carbonyl (C=O) groups is 1. The number of aliphatic carboxylic acids is 1. The number of benzene rings is 2. The molecule has 2 aromatic carbocycles. The summed E-state index contributed by atoms with van der Waals surface area (Å²) in [4.78, 5) is 10.6. The molecule has 0 fully saturated rings. The van der Waals surface area contributed by atoms with Crippen molar-refractivity contribution in [2.24, 2.45) is 0 Å². The first-order valence-corrected chi connectivity index (χ1v) is 5.06. The van der Waals surface area contributed by atoms with Gasteiger partial charge in [-0.2, -0.15) is 0 Å². The van der Waals surface area contributed by atoms with Crippen LogP contribution in [0.1, 0.15) is 18.1 Å². The van der Waals surface area contributed by atoms with Crippen LogP contribution in [-0.4, -0.2) is 16.2 Å². The van der Waals surface area contributed by atoms with E-state index in [1.54, 1.807) is 6.07 Å². The van der Waals surface area contributed by atoms with Crippen LogP contribution in [0.25, 0.3) is 10.8 Å². The molecule has 0 spiro atoms. The van der Waals surface area contributed by atoms with Crippen LogP contribution >= 0.6 is 0 Å². The monoisotopic (exact) mass is 216 g/mol. The molecular weight excluding hydrogens is 204 g/mol. The van der Waals surface area contributed by atoms with E-state index in [2.05, 4.69) is 0 Å². The lowest BCUT2D eigenvalue weighted by molar-refractivity contribution is -0.139. The average molecular weight is 216 g/mol. The molecule has 0 radical (unpaired) electrons. The Bertz CT molecular complexity index is 514. The van der Waals surface area contributed by atoms with Crippen LogP contribution < -0.4 is 0 Å². The lowest BCUT2D eigenvalue weighted by Crippen LogP contribution is -2.05. The SMILES string of the molecule is O=C(O)CC(O)c1cccc2ccccc12. The number of aliphatic hydroxyl groups is 1. The number of rotatable bonds is 3. The van der Waals surface area contributed by atoms with Crippen molar-refractivity contribution in [3.63, 3.8) is 0 Å². The van der Waals surface area contributed by atoms with E-state index in [-0.39, 0.29) is 6.42 Å². The Morgan fingerprint density at radius 2 is 1.81 bits per heavy atom. The highest BCUT2D eigenvalue weighted by atomic mass is 16.4. The Kier molecular flexibility index (Phi) is 2.88. The molecule has 82 valence electrons. The average Bonchev–Trinajstić information content (AvgIpc) is 2.27. The van der Waals surface area contributed by atoms with Crippen LogP contribution in [0.2, 0.25) is 0 Å². The van der Waals surface area contributed by atoms with Gasteiger partial charge in [-0.25, -0.2) is 0 Å². The lowest BCUT2D eigenvalue weighted by Gasteiger charge is -2.11. The zero-order valence-electron chi connectivity index (χ0n) is 8.63. The third kappa shape index (κ3) is 2.04. The van der Waals surface area contributed by atoms with E-state index in [1.165, 1.54) is 0 Å². The summed E-state index contributed by atoms with van der Waals surface area (Å²) in [6.07, 6.45) is -1.22. The molecule has 2 aromatic rings. The highest BCUT2D eigenvalue weighted by Gasteiger charge is 2.14. The molecule has 0 aliphatic rings. The van der Waals surface area contributed by atoms with Crippen LogP contribution in [0.4, 0.5) is 0 Å². The molecular formula is C13H12O3. The number of carboxylic acid groups (broad SMARTS) is 1. The third-order valence-corrected chi connectivity index (χ3v) is 2.55. The van der Waals surface area contributed by atoms with Crippen molar-refractivity contribution in [1.82, 2.24) is 0 Å². The molecule has 3 nitrogen and oxygen atoms in total. The molecule has 0 aliphatic heterocycles. The van der Waals surface area contributed by atoms with Gasteiger partial charge in [0, 0.05) is 0 Å². The molecule has 3 heteroatoms. The third-order valence-electron chi connectivity index (χ3n) is 2.55. The van der Waals surface area contributed by atoms with E-state index in [0.29, 0.717) is 5.56 Å². The van der Waals surface area contributed by atoms with Gasteiger partial charge in [-0.1, -0.05) is 42.5 Å². The lowest BCUT2D eigenvalue weighted by atomic mass is 9.99. The summed E-state index contributed by atoms with van der Waals surface area (Å²) in [6, 6.07) is 13.1. The summed E-state index contributed by atoms with van der Waals surface area (Å²) < 4.78 is 0. The maximum absolute atomic E-state index is 10.6. The fourth-order valence-corrected chi connectivity index (χ4v) is 1.82. The first kappa shape index (κ1) is 10.6. The molecule has 2 rings (SSSR count). The van der Waals surface area contributed by atoms with Crippen molar-refractivity contribution < 1.29 is 15.0 Å². The Hall–Kier alpha value is -1.87. The molecule has 0 saturated carbocycles. The molecule has 2 N–H and O–H groups in total. The Morgan fingerprint density at radius 1 is 1.12 bits per heavy atom. The minimum absolute atomic E-state index is 0.270. The van der Waals surface area contributed by atoms with Gasteiger partial charge in [0.2, 0.25) is 0 Å². The van der Waals surface area contributed by atoms with E-state index in [9.17, 15) is 9.90 Å². The maximum Gasteiger partial charge on any atom is 0.306 e. The van der Waals surface area contributed by atoms with Crippen molar-refractivity contribution in [2.75, 3.05) is 0 Å². The van der Waals surface area contributed by atoms with Crippen molar-refractivity contribution in [3.8, 4) is 0 Å². The number of hydrogen-bond acceptors (Lipinski definition) is 2. The summed E-state index contributed by atoms with van der Waals surface area (Å²) >= 11 is 0. The predicted octanol–water partition coefficient (Wildman–Crippen LogP) is 2.35. The van der Waals surface area contributed by atoms with Crippen LogP contribution in [-0.2, 0) is 4.79 Å². The Labute approximate surface area is 93.0 Å². The van der Waals surface area contributed by atoms with Crippen molar-refractivity contribution in [1.29, 1.82) is 0 Å². The normalized spacial score (nSPS) is 12.6. The molecule has 0 aromatic heterocycles. The highest BCUT2D eigenvalue weighted by Crippen LogP contribution is 2.25. The summed E-state index contributed by atoms with van der Waals surface area (Å²) in [6.45, 7) is 0. The van der Waals surface area contributed by atoms with Crippen molar-refractivity contribution >= 4 is 16.7 Å². The molecule has 1 unspecified atom stereocenters. The van der Waals surface area contributed by atoms with E-state index in [0.717, 1.165) is 10.8 Å². The molecule has 0 amide bonds. The second-order valence-electron chi connectivity index (χ2n) is 3.68. The first-order valence-electron chi connectivity index (χ1n) is 5.06. The van der Waals surface area contributed by atoms with Gasteiger partial charge >= 0.3 is 5.97 Å². The fraction of sp³-hybridized carbons (Fsp3) is 0.154. The van der Waals surface area contributed by atoms with Gasteiger partial charge < -0.3 is 10.2 Å². The zero-order valence-corrected chi connectivity index (χ0v) is 8.63. The summed E-state index contributed by atoms with van der Waals surface area (Å²) in [5, 5.41) is 20.4. The zero-order chi connectivity index (χ0) is 11.5. The molecule has 0 bridgehead atoms. The number of carboxylic acids is 1. The summed E-state index contributed by atoms with van der Waals surface area (Å²) in [5.41, 5.74) is 0.667. The first-order chi connectivity index (χ1) is 7.68. The maximum atomic E-state index is 10.6. The standard InChI is InChI=1S/C13H12O3/c14-12(8-13(15)16)11-7-3-5-9-4-1-2-6-10(9)11/h1-7,12,14H,8H2,(H,15,16). The number of fused-ring (bicyclic) bond motifs is 1. The fourth-order valence-electron chi connectivity index (χ4n) is 1.82. The summed E-state index contributed by atoms with van der Waals surface area (Å²) in [7, 11) is 0. The largest absolute Gasteiger partial charge is 0.481 e. The van der Waals surface area contributed by atoms with E-state index < -0.39 is 12.1 Å². The number of aliphatic hydroxyl groups excluding tert-OH is 1. The second kappa shape index (κ2) is 4.33. The van der Waals surface area contributed by atoms with Gasteiger partial charge in [0.1, 0.15) is 0 Å². The predicted molar refractivity (Wildman–Crippen MR) is 61.2 cm³/mol. The van der Waals surface area contributed by atoms with E-state index >= 15 is 0 Å². The Morgan fingerprint density at radius 3 is 2.56 bits per heavy atom. The van der Waals surface area contributed by atoms with Gasteiger partial charge in [-0.3, -0.25) is 4.79 Å². The minimum Gasteiger partial charge on any atom is -0.481 e. The van der Waals surface area contributed by atoms with Crippen molar-refractivity contribution in [3.05, 3.63) is 48.0 Å². The van der Waals surface area contributed by atoms with Crippen LogP contribution in [0, 0.1) is 0 Å². The number of hydrogen-bond donors (Lipinski definition) is 2. The van der Waals surface area contributed by atoms with Gasteiger partial charge in [0.15, 0.2) is 0 Å². The molecule has 0 heterocycles. The van der Waals surface area contributed by atoms with Crippen molar-refractivity contribution in [2.45, 2.75) is 12.5 Å². The van der Waals surface area contributed by atoms with Crippen LogP contribution in [0.3, 0.4) is 0 Å². The highest BCUT2D eigenvalue weighted by molar-refractivity contribution is 5.86. The topological polar surface area (TPSA) is 57.5 Å². The molecule has 0 aliphatic carbocycles. The smallest absolute Gasteiger partial charge is 0.306 e. The summed E-state index contributed by atoms with van der Waals surface area (Å²) in [5.74, 6) is -1.000. The van der Waals surface area contributed by atoms with E-state index in [4.69, 9.17) is 5.11 Å². The van der Waals surface area contributed by atoms with Gasteiger partial charge in [-0.05, 0) is 16.3 Å². The molecule has 1 atom stereocenters. The molecule has 16 heavy (non-hydrogen) atoms. The minimum atomic E-state index is -1.000.